The fraction of sp³-hybridized carbons (Fsp3) is 0.0833. The standard InChI is InChI=1S/C12H10F4N4/c13-9-5-4-7(6-8(9)12(14,15)16)18-10-2-1-3-11(19-10)20-17/h1-6H,17H2,(H2,18,19,20). The molecule has 0 amide bonds. The van der Waals surface area contributed by atoms with Crippen LogP contribution in [0.4, 0.5) is 34.9 Å². The van der Waals surface area contributed by atoms with Gasteiger partial charge in [0.2, 0.25) is 0 Å². The normalized spacial score (nSPS) is 11.2. The second kappa shape index (κ2) is 5.33. The minimum atomic E-state index is -4.75. The van der Waals surface area contributed by atoms with Gasteiger partial charge in [-0.25, -0.2) is 15.2 Å². The smallest absolute Gasteiger partial charge is 0.340 e. The summed E-state index contributed by atoms with van der Waals surface area (Å²) in [6.07, 6.45) is -4.75. The lowest BCUT2D eigenvalue weighted by Crippen LogP contribution is -2.10. The highest BCUT2D eigenvalue weighted by atomic mass is 19.4. The van der Waals surface area contributed by atoms with E-state index >= 15 is 0 Å². The Hall–Kier alpha value is -2.35. The van der Waals surface area contributed by atoms with E-state index in [1.54, 1.807) is 12.1 Å². The molecule has 1 aromatic heterocycles. The van der Waals surface area contributed by atoms with Gasteiger partial charge in [0.1, 0.15) is 17.5 Å². The number of hydrogen-bond acceptors (Lipinski definition) is 4. The zero-order valence-electron chi connectivity index (χ0n) is 10.0. The molecule has 0 saturated carbocycles. The third kappa shape index (κ3) is 3.15. The molecule has 0 unspecified atom stereocenters. The summed E-state index contributed by atoms with van der Waals surface area (Å²) in [7, 11) is 0. The second-order valence-corrected chi connectivity index (χ2v) is 3.87. The second-order valence-electron chi connectivity index (χ2n) is 3.87. The minimum Gasteiger partial charge on any atom is -0.340 e. The van der Waals surface area contributed by atoms with Crippen LogP contribution in [0.3, 0.4) is 0 Å². The fourth-order valence-electron chi connectivity index (χ4n) is 1.55. The zero-order chi connectivity index (χ0) is 14.8. The molecular formula is C12H10F4N4. The lowest BCUT2D eigenvalue weighted by atomic mass is 10.2. The Kier molecular flexibility index (Phi) is 3.75. The Morgan fingerprint density at radius 1 is 1.05 bits per heavy atom. The molecule has 0 radical (unpaired) electrons. The molecule has 20 heavy (non-hydrogen) atoms. The summed E-state index contributed by atoms with van der Waals surface area (Å²) in [5.74, 6) is 4.47. The lowest BCUT2D eigenvalue weighted by Gasteiger charge is -2.11. The molecule has 0 spiro atoms. The Labute approximate surface area is 111 Å². The van der Waals surface area contributed by atoms with Crippen LogP contribution in [0.5, 0.6) is 0 Å². The van der Waals surface area contributed by atoms with Crippen LogP contribution in [0.25, 0.3) is 0 Å². The van der Waals surface area contributed by atoms with Gasteiger partial charge in [-0.05, 0) is 30.3 Å². The van der Waals surface area contributed by atoms with E-state index in [0.29, 0.717) is 11.9 Å². The van der Waals surface area contributed by atoms with Crippen molar-refractivity contribution < 1.29 is 17.6 Å². The molecule has 0 aliphatic carbocycles. The van der Waals surface area contributed by atoms with Gasteiger partial charge in [0.05, 0.1) is 5.56 Å². The van der Waals surface area contributed by atoms with Gasteiger partial charge in [-0.3, -0.25) is 0 Å². The summed E-state index contributed by atoms with van der Waals surface area (Å²) in [6, 6.07) is 7.34. The highest BCUT2D eigenvalue weighted by Gasteiger charge is 2.34. The van der Waals surface area contributed by atoms with Crippen LogP contribution in [0, 0.1) is 5.82 Å². The SMILES string of the molecule is NNc1cccc(Nc2ccc(F)c(C(F)(F)F)c2)n1. The van der Waals surface area contributed by atoms with Crippen LogP contribution < -0.4 is 16.6 Å². The van der Waals surface area contributed by atoms with Crippen LogP contribution in [0.1, 0.15) is 5.56 Å². The number of nitrogens with two attached hydrogens (primary N) is 1. The van der Waals surface area contributed by atoms with Crippen molar-refractivity contribution >= 4 is 17.3 Å². The number of nitrogens with zero attached hydrogens (tertiary/aromatic N) is 1. The predicted octanol–water partition coefficient (Wildman–Crippen LogP) is 3.27. The van der Waals surface area contributed by atoms with E-state index in [1.807, 2.05) is 0 Å². The number of anilines is 3. The van der Waals surface area contributed by atoms with Gasteiger partial charge in [0.15, 0.2) is 0 Å². The van der Waals surface area contributed by atoms with Gasteiger partial charge in [-0.2, -0.15) is 13.2 Å². The number of halogens is 4. The zero-order valence-corrected chi connectivity index (χ0v) is 10.0. The molecule has 0 atom stereocenters. The van der Waals surface area contributed by atoms with Crippen LogP contribution in [0.2, 0.25) is 0 Å². The van der Waals surface area contributed by atoms with Crippen molar-refractivity contribution in [2.45, 2.75) is 6.18 Å². The summed E-state index contributed by atoms with van der Waals surface area (Å²) in [4.78, 5) is 3.98. The third-order valence-electron chi connectivity index (χ3n) is 2.44. The number of hydrazine groups is 1. The van der Waals surface area contributed by atoms with Crippen LogP contribution >= 0.6 is 0 Å². The third-order valence-corrected chi connectivity index (χ3v) is 2.44. The lowest BCUT2D eigenvalue weighted by molar-refractivity contribution is -0.139. The van der Waals surface area contributed by atoms with E-state index < -0.39 is 17.6 Å². The maximum absolute atomic E-state index is 13.1. The summed E-state index contributed by atoms with van der Waals surface area (Å²) in [5.41, 5.74) is 1.04. The van der Waals surface area contributed by atoms with E-state index in [2.05, 4.69) is 15.7 Å². The van der Waals surface area contributed by atoms with Crippen LogP contribution in [0.15, 0.2) is 36.4 Å². The Morgan fingerprint density at radius 2 is 1.75 bits per heavy atom. The molecule has 8 heteroatoms. The van der Waals surface area contributed by atoms with E-state index in [4.69, 9.17) is 5.84 Å². The van der Waals surface area contributed by atoms with Gasteiger partial charge >= 0.3 is 6.18 Å². The highest BCUT2D eigenvalue weighted by Crippen LogP contribution is 2.33. The van der Waals surface area contributed by atoms with E-state index in [-0.39, 0.29) is 11.5 Å². The average molecular weight is 286 g/mol. The van der Waals surface area contributed by atoms with Gasteiger partial charge in [-0.15, -0.1) is 0 Å². The molecule has 4 N–H and O–H groups in total. The molecular weight excluding hydrogens is 276 g/mol. The largest absolute Gasteiger partial charge is 0.419 e. The number of benzene rings is 1. The van der Waals surface area contributed by atoms with Crippen molar-refractivity contribution in [3.05, 3.63) is 47.8 Å². The Balaban J connectivity index is 2.30. The molecule has 1 heterocycles. The molecule has 0 aliphatic rings. The summed E-state index contributed by atoms with van der Waals surface area (Å²) >= 11 is 0. The maximum atomic E-state index is 13.1. The van der Waals surface area contributed by atoms with Gasteiger partial charge in [-0.1, -0.05) is 6.07 Å². The quantitative estimate of drug-likeness (QED) is 0.460. The maximum Gasteiger partial charge on any atom is 0.419 e. The van der Waals surface area contributed by atoms with Crippen molar-refractivity contribution in [3.8, 4) is 0 Å². The van der Waals surface area contributed by atoms with E-state index in [9.17, 15) is 17.6 Å². The summed E-state index contributed by atoms with van der Waals surface area (Å²) < 4.78 is 50.9. The molecule has 106 valence electrons. The Bertz CT molecular complexity index is 613. The van der Waals surface area contributed by atoms with Crippen molar-refractivity contribution in [2.75, 3.05) is 10.7 Å². The number of alkyl halides is 3. The fourth-order valence-corrected chi connectivity index (χ4v) is 1.55. The summed E-state index contributed by atoms with van der Waals surface area (Å²) in [6.45, 7) is 0. The number of nitrogens with one attached hydrogen (secondary N) is 2. The molecule has 4 nitrogen and oxygen atoms in total. The van der Waals surface area contributed by atoms with Gasteiger partial charge in [0, 0.05) is 5.69 Å². The first kappa shape index (κ1) is 14.1. The van der Waals surface area contributed by atoms with E-state index in [1.165, 1.54) is 12.1 Å². The number of hydrogen-bond donors (Lipinski definition) is 3. The van der Waals surface area contributed by atoms with Crippen LogP contribution in [-0.4, -0.2) is 4.98 Å². The van der Waals surface area contributed by atoms with Crippen molar-refractivity contribution in [2.24, 2.45) is 5.84 Å². The highest BCUT2D eigenvalue weighted by molar-refractivity contribution is 5.59. The Morgan fingerprint density at radius 3 is 2.40 bits per heavy atom. The van der Waals surface area contributed by atoms with Crippen molar-refractivity contribution in [1.82, 2.24) is 4.98 Å². The first-order chi connectivity index (χ1) is 9.40. The topological polar surface area (TPSA) is 63.0 Å². The number of rotatable bonds is 3. The summed E-state index contributed by atoms with van der Waals surface area (Å²) in [5, 5.41) is 2.64. The number of pyridine rings is 1. The molecule has 0 bridgehead atoms. The molecule has 0 fully saturated rings. The molecule has 2 rings (SSSR count). The first-order valence-electron chi connectivity index (χ1n) is 5.47. The molecule has 0 saturated heterocycles. The first-order valence-corrected chi connectivity index (χ1v) is 5.47. The number of aromatic nitrogens is 1. The van der Waals surface area contributed by atoms with Crippen molar-refractivity contribution in [1.29, 1.82) is 0 Å². The van der Waals surface area contributed by atoms with Gasteiger partial charge < -0.3 is 10.7 Å². The molecule has 0 aliphatic heterocycles. The van der Waals surface area contributed by atoms with Crippen molar-refractivity contribution in [3.63, 3.8) is 0 Å². The number of nitrogen functional groups attached to an aromatic ring is 1. The minimum absolute atomic E-state index is 0.0698. The predicted molar refractivity (Wildman–Crippen MR) is 66.7 cm³/mol. The monoisotopic (exact) mass is 286 g/mol. The van der Waals surface area contributed by atoms with Gasteiger partial charge in [0.25, 0.3) is 0 Å². The molecule has 2 aromatic rings. The van der Waals surface area contributed by atoms with E-state index in [0.717, 1.165) is 6.07 Å². The molecule has 1 aromatic carbocycles. The average Bonchev–Trinajstić information content (AvgIpc) is 2.40. The van der Waals surface area contributed by atoms with Crippen LogP contribution in [-0.2, 0) is 6.18 Å².